The second kappa shape index (κ2) is 12.5. The molecular weight excluding hydrogens is 631 g/mol. The first-order valence-corrected chi connectivity index (χ1v) is 17.8. The van der Waals surface area contributed by atoms with Crippen LogP contribution in [0.15, 0.2) is 205 Å². The molecule has 9 aromatic carbocycles. The molecule has 0 amide bonds. The summed E-state index contributed by atoms with van der Waals surface area (Å²) in [5.41, 5.74) is 12.3. The summed E-state index contributed by atoms with van der Waals surface area (Å²) in [5, 5.41) is 7.14. The van der Waals surface area contributed by atoms with Crippen molar-refractivity contribution in [1.29, 1.82) is 0 Å². The highest BCUT2D eigenvalue weighted by atomic mass is 16.3. The Labute approximate surface area is 302 Å². The van der Waals surface area contributed by atoms with E-state index in [2.05, 4.69) is 193 Å². The monoisotopic (exact) mass is 663 g/mol. The quantitative estimate of drug-likeness (QED) is 0.165. The van der Waals surface area contributed by atoms with E-state index in [1.54, 1.807) is 0 Å². The van der Waals surface area contributed by atoms with Gasteiger partial charge in [0.2, 0.25) is 0 Å². The lowest BCUT2D eigenvalue weighted by molar-refractivity contribution is 0.669. The molecule has 244 valence electrons. The van der Waals surface area contributed by atoms with Gasteiger partial charge >= 0.3 is 0 Å². The van der Waals surface area contributed by atoms with Crippen LogP contribution in [0.5, 0.6) is 0 Å². The van der Waals surface area contributed by atoms with Crippen molar-refractivity contribution in [3.05, 3.63) is 200 Å². The Kier molecular flexibility index (Phi) is 7.18. The SMILES string of the molecule is c1ccc(-c2ccc(N(c3ccc4c(c3)c(-c3ccccc3)c(-c3ccccc3)c3ccccc34)c3ccc4oc5ccccc5c4c3)cc2)cc1. The molecule has 2 heteroatoms. The molecule has 10 aromatic rings. The average molecular weight is 664 g/mol. The molecular formula is C50H33NO. The van der Waals surface area contributed by atoms with Crippen LogP contribution in [0.25, 0.3) is 76.9 Å². The first kappa shape index (κ1) is 30.0. The molecule has 0 fully saturated rings. The second-order valence-electron chi connectivity index (χ2n) is 13.3. The summed E-state index contributed by atoms with van der Waals surface area (Å²) >= 11 is 0. The molecule has 0 atom stereocenters. The predicted molar refractivity (Wildman–Crippen MR) is 220 cm³/mol. The highest BCUT2D eigenvalue weighted by Crippen LogP contribution is 2.47. The maximum Gasteiger partial charge on any atom is 0.135 e. The third-order valence-corrected chi connectivity index (χ3v) is 10.2. The van der Waals surface area contributed by atoms with E-state index in [-0.39, 0.29) is 0 Å². The topological polar surface area (TPSA) is 16.4 Å². The van der Waals surface area contributed by atoms with Crippen LogP contribution in [0.4, 0.5) is 17.1 Å². The second-order valence-corrected chi connectivity index (χ2v) is 13.3. The number of para-hydroxylation sites is 1. The maximum absolute atomic E-state index is 6.26. The molecule has 1 heterocycles. The Balaban J connectivity index is 1.26. The van der Waals surface area contributed by atoms with Gasteiger partial charge < -0.3 is 9.32 Å². The van der Waals surface area contributed by atoms with E-state index >= 15 is 0 Å². The van der Waals surface area contributed by atoms with Crippen molar-refractivity contribution in [3.8, 4) is 33.4 Å². The lowest BCUT2D eigenvalue weighted by atomic mass is 9.85. The zero-order valence-electron chi connectivity index (χ0n) is 28.4. The van der Waals surface area contributed by atoms with Gasteiger partial charge in [-0.2, -0.15) is 0 Å². The van der Waals surface area contributed by atoms with Gasteiger partial charge in [-0.3, -0.25) is 0 Å². The van der Waals surface area contributed by atoms with Crippen molar-refractivity contribution in [2.75, 3.05) is 4.90 Å². The van der Waals surface area contributed by atoms with Crippen LogP contribution in [0.1, 0.15) is 0 Å². The van der Waals surface area contributed by atoms with Crippen molar-refractivity contribution in [2.24, 2.45) is 0 Å². The van der Waals surface area contributed by atoms with Crippen LogP contribution < -0.4 is 4.90 Å². The zero-order chi connectivity index (χ0) is 34.4. The molecule has 0 saturated carbocycles. The standard InChI is InChI=1S/C50H33NO/c1-4-14-34(15-5-1)35-24-26-38(27-25-35)51(40-29-31-48-45(32-40)43-21-12-13-23-47(43)52-48)39-28-30-42-41-20-10-11-22-44(41)49(36-16-6-2-7-17-36)50(46(42)33-39)37-18-8-3-9-19-37/h1-33H. The fourth-order valence-corrected chi connectivity index (χ4v) is 7.86. The molecule has 0 N–H and O–H groups in total. The minimum Gasteiger partial charge on any atom is -0.456 e. The summed E-state index contributed by atoms with van der Waals surface area (Å²) in [6.07, 6.45) is 0. The van der Waals surface area contributed by atoms with Crippen molar-refractivity contribution >= 4 is 60.5 Å². The van der Waals surface area contributed by atoms with E-state index < -0.39 is 0 Å². The van der Waals surface area contributed by atoms with E-state index in [9.17, 15) is 0 Å². The minimum absolute atomic E-state index is 0.883. The van der Waals surface area contributed by atoms with E-state index in [0.29, 0.717) is 0 Å². The lowest BCUT2D eigenvalue weighted by Gasteiger charge is -2.27. The molecule has 0 radical (unpaired) electrons. The number of nitrogens with zero attached hydrogens (tertiary/aromatic N) is 1. The minimum atomic E-state index is 0.883. The van der Waals surface area contributed by atoms with Gasteiger partial charge in [-0.25, -0.2) is 0 Å². The van der Waals surface area contributed by atoms with Crippen LogP contribution in [0.2, 0.25) is 0 Å². The van der Waals surface area contributed by atoms with E-state index in [1.807, 2.05) is 12.1 Å². The summed E-state index contributed by atoms with van der Waals surface area (Å²) < 4.78 is 6.26. The first-order chi connectivity index (χ1) is 25.8. The molecule has 0 bridgehead atoms. The van der Waals surface area contributed by atoms with Crippen LogP contribution in [0.3, 0.4) is 0 Å². The number of benzene rings is 9. The van der Waals surface area contributed by atoms with Crippen LogP contribution >= 0.6 is 0 Å². The average Bonchev–Trinajstić information content (AvgIpc) is 3.60. The molecule has 0 aliphatic heterocycles. The normalized spacial score (nSPS) is 11.5. The van der Waals surface area contributed by atoms with Gasteiger partial charge in [0.1, 0.15) is 11.2 Å². The van der Waals surface area contributed by atoms with Gasteiger partial charge in [-0.05, 0) is 103 Å². The summed E-state index contributed by atoms with van der Waals surface area (Å²) in [5.74, 6) is 0. The molecule has 1 aromatic heterocycles. The first-order valence-electron chi connectivity index (χ1n) is 17.8. The molecule has 0 aliphatic carbocycles. The van der Waals surface area contributed by atoms with E-state index in [4.69, 9.17) is 4.42 Å². The maximum atomic E-state index is 6.26. The molecule has 10 rings (SSSR count). The van der Waals surface area contributed by atoms with Gasteiger partial charge in [0.15, 0.2) is 0 Å². The number of hydrogen-bond acceptors (Lipinski definition) is 2. The van der Waals surface area contributed by atoms with Crippen LogP contribution in [-0.4, -0.2) is 0 Å². The highest BCUT2D eigenvalue weighted by Gasteiger charge is 2.21. The Morgan fingerprint density at radius 2 is 0.712 bits per heavy atom. The van der Waals surface area contributed by atoms with Gasteiger partial charge in [0.25, 0.3) is 0 Å². The van der Waals surface area contributed by atoms with Crippen LogP contribution in [-0.2, 0) is 0 Å². The number of hydrogen-bond donors (Lipinski definition) is 0. The number of furan rings is 1. The molecule has 0 aliphatic rings. The number of anilines is 3. The fraction of sp³-hybridized carbons (Fsp3) is 0. The highest BCUT2D eigenvalue weighted by molar-refractivity contribution is 6.22. The van der Waals surface area contributed by atoms with Crippen molar-refractivity contribution in [2.45, 2.75) is 0 Å². The Morgan fingerprint density at radius 1 is 0.269 bits per heavy atom. The third kappa shape index (κ3) is 5.04. The predicted octanol–water partition coefficient (Wildman–Crippen LogP) is 14.4. The van der Waals surface area contributed by atoms with Crippen molar-refractivity contribution < 1.29 is 4.42 Å². The summed E-state index contributed by atoms with van der Waals surface area (Å²) in [7, 11) is 0. The molecule has 52 heavy (non-hydrogen) atoms. The van der Waals surface area contributed by atoms with Gasteiger partial charge in [-0.15, -0.1) is 0 Å². The Morgan fingerprint density at radius 3 is 1.38 bits per heavy atom. The Bertz CT molecular complexity index is 2870. The zero-order valence-corrected chi connectivity index (χ0v) is 28.4. The van der Waals surface area contributed by atoms with E-state index in [0.717, 1.165) is 39.0 Å². The molecule has 0 spiro atoms. The molecule has 0 unspecified atom stereocenters. The summed E-state index contributed by atoms with van der Waals surface area (Å²) in [4.78, 5) is 2.38. The third-order valence-electron chi connectivity index (χ3n) is 10.2. The Hall–Kier alpha value is -6.90. The van der Waals surface area contributed by atoms with Crippen molar-refractivity contribution in [1.82, 2.24) is 0 Å². The largest absolute Gasteiger partial charge is 0.456 e. The smallest absolute Gasteiger partial charge is 0.135 e. The van der Waals surface area contributed by atoms with Gasteiger partial charge in [0, 0.05) is 27.8 Å². The van der Waals surface area contributed by atoms with Crippen LogP contribution in [0, 0.1) is 0 Å². The fourth-order valence-electron chi connectivity index (χ4n) is 7.86. The number of fused-ring (bicyclic) bond motifs is 6. The van der Waals surface area contributed by atoms with Crippen molar-refractivity contribution in [3.63, 3.8) is 0 Å². The van der Waals surface area contributed by atoms with E-state index in [1.165, 1.54) is 54.9 Å². The van der Waals surface area contributed by atoms with Gasteiger partial charge in [-0.1, -0.05) is 152 Å². The summed E-state index contributed by atoms with van der Waals surface area (Å²) in [6.45, 7) is 0. The molecule has 2 nitrogen and oxygen atoms in total. The summed E-state index contributed by atoms with van der Waals surface area (Å²) in [6, 6.07) is 71.8. The molecule has 0 saturated heterocycles. The van der Waals surface area contributed by atoms with Gasteiger partial charge in [0.05, 0.1) is 0 Å². The number of rotatable bonds is 6. The lowest BCUT2D eigenvalue weighted by Crippen LogP contribution is -2.10.